The molecule has 1 aromatic carbocycles. The van der Waals surface area contributed by atoms with Crippen LogP contribution >= 0.6 is 15.9 Å². The zero-order valence-electron chi connectivity index (χ0n) is 9.99. The van der Waals surface area contributed by atoms with Gasteiger partial charge in [-0.3, -0.25) is 0 Å². The molecule has 1 saturated heterocycles. The number of aromatic carboxylic acids is 1. The Morgan fingerprint density at radius 1 is 1.56 bits per heavy atom. The van der Waals surface area contributed by atoms with Crippen LogP contribution in [0.25, 0.3) is 0 Å². The number of benzene rings is 1. The maximum Gasteiger partial charge on any atom is 0.335 e. The first-order valence-corrected chi connectivity index (χ1v) is 6.79. The average Bonchev–Trinajstić information content (AvgIpc) is 2.38. The van der Waals surface area contributed by atoms with Crippen LogP contribution in [-0.4, -0.2) is 30.3 Å². The Bertz CT molecular complexity index is 430. The Balaban J connectivity index is 1.94. The molecule has 0 bridgehead atoms. The van der Waals surface area contributed by atoms with Gasteiger partial charge in [-0.15, -0.1) is 0 Å². The van der Waals surface area contributed by atoms with Crippen LogP contribution in [0.15, 0.2) is 22.7 Å². The van der Waals surface area contributed by atoms with E-state index in [9.17, 15) is 4.79 Å². The monoisotopic (exact) mass is 313 g/mol. The predicted molar refractivity (Wildman–Crippen MR) is 71.8 cm³/mol. The summed E-state index contributed by atoms with van der Waals surface area (Å²) in [6, 6.07) is 5.49. The van der Waals surface area contributed by atoms with E-state index in [1.807, 2.05) is 6.07 Å². The van der Waals surface area contributed by atoms with Crippen molar-refractivity contribution >= 4 is 21.9 Å². The van der Waals surface area contributed by atoms with Gasteiger partial charge in [0.2, 0.25) is 0 Å². The molecule has 1 unspecified atom stereocenters. The molecular weight excluding hydrogens is 298 g/mol. The number of carboxylic acid groups (broad SMARTS) is 1. The standard InChI is InChI=1S/C13H16BrNO3/c14-12-6-9(13(16)17)3-4-10(12)7-15-11-2-1-5-18-8-11/h3-4,6,11,15H,1-2,5,7-8H2,(H,16,17). The summed E-state index contributed by atoms with van der Waals surface area (Å²) in [5, 5.41) is 12.3. The van der Waals surface area contributed by atoms with Crippen molar-refractivity contribution in [1.82, 2.24) is 5.32 Å². The lowest BCUT2D eigenvalue weighted by Gasteiger charge is -2.23. The summed E-state index contributed by atoms with van der Waals surface area (Å²) >= 11 is 3.41. The molecule has 0 spiro atoms. The summed E-state index contributed by atoms with van der Waals surface area (Å²) in [6.07, 6.45) is 2.22. The molecule has 0 aliphatic carbocycles. The molecule has 5 heteroatoms. The topological polar surface area (TPSA) is 58.6 Å². The summed E-state index contributed by atoms with van der Waals surface area (Å²) in [5.41, 5.74) is 1.36. The molecule has 1 aliphatic rings. The van der Waals surface area contributed by atoms with Crippen molar-refractivity contribution in [3.63, 3.8) is 0 Å². The van der Waals surface area contributed by atoms with Crippen LogP contribution in [0, 0.1) is 0 Å². The van der Waals surface area contributed by atoms with Crippen molar-refractivity contribution < 1.29 is 14.6 Å². The number of ether oxygens (including phenoxy) is 1. The average molecular weight is 314 g/mol. The Labute approximate surface area is 114 Å². The molecule has 4 nitrogen and oxygen atoms in total. The summed E-state index contributed by atoms with van der Waals surface area (Å²) in [4.78, 5) is 10.8. The SMILES string of the molecule is O=C(O)c1ccc(CNC2CCCOC2)c(Br)c1. The third kappa shape index (κ3) is 3.54. The van der Waals surface area contributed by atoms with Crippen LogP contribution in [-0.2, 0) is 11.3 Å². The van der Waals surface area contributed by atoms with E-state index in [0.717, 1.165) is 36.1 Å². The maximum atomic E-state index is 10.8. The molecule has 2 rings (SSSR count). The van der Waals surface area contributed by atoms with E-state index in [4.69, 9.17) is 9.84 Å². The highest BCUT2D eigenvalue weighted by atomic mass is 79.9. The van der Waals surface area contributed by atoms with Crippen molar-refractivity contribution in [2.24, 2.45) is 0 Å². The van der Waals surface area contributed by atoms with Crippen molar-refractivity contribution in [3.05, 3.63) is 33.8 Å². The van der Waals surface area contributed by atoms with Gasteiger partial charge in [0, 0.05) is 23.7 Å². The molecule has 0 radical (unpaired) electrons. The second-order valence-corrected chi connectivity index (χ2v) is 5.26. The summed E-state index contributed by atoms with van der Waals surface area (Å²) in [6.45, 7) is 2.33. The summed E-state index contributed by atoms with van der Waals surface area (Å²) in [5.74, 6) is -0.907. The van der Waals surface area contributed by atoms with E-state index in [-0.39, 0.29) is 0 Å². The van der Waals surface area contributed by atoms with Gasteiger partial charge >= 0.3 is 5.97 Å². The van der Waals surface area contributed by atoms with Gasteiger partial charge in [0.15, 0.2) is 0 Å². The van der Waals surface area contributed by atoms with Crippen LogP contribution in [0.4, 0.5) is 0 Å². The lowest BCUT2D eigenvalue weighted by atomic mass is 10.1. The van der Waals surface area contributed by atoms with Crippen molar-refractivity contribution in [1.29, 1.82) is 0 Å². The quantitative estimate of drug-likeness (QED) is 0.896. The molecule has 18 heavy (non-hydrogen) atoms. The van der Waals surface area contributed by atoms with Crippen molar-refractivity contribution in [2.45, 2.75) is 25.4 Å². The van der Waals surface area contributed by atoms with Crippen LogP contribution in [0.1, 0.15) is 28.8 Å². The smallest absolute Gasteiger partial charge is 0.335 e. The Morgan fingerprint density at radius 2 is 2.39 bits per heavy atom. The van der Waals surface area contributed by atoms with Gasteiger partial charge in [0.25, 0.3) is 0 Å². The van der Waals surface area contributed by atoms with Gasteiger partial charge in [-0.1, -0.05) is 22.0 Å². The minimum atomic E-state index is -0.907. The number of nitrogens with one attached hydrogen (secondary N) is 1. The molecule has 1 heterocycles. The van der Waals surface area contributed by atoms with Crippen molar-refractivity contribution in [3.8, 4) is 0 Å². The third-order valence-electron chi connectivity index (χ3n) is 3.04. The van der Waals surface area contributed by atoms with Crippen LogP contribution in [0.5, 0.6) is 0 Å². The molecule has 1 aliphatic heterocycles. The minimum Gasteiger partial charge on any atom is -0.478 e. The second-order valence-electron chi connectivity index (χ2n) is 4.41. The van der Waals surface area contributed by atoms with Crippen molar-refractivity contribution in [2.75, 3.05) is 13.2 Å². The highest BCUT2D eigenvalue weighted by Crippen LogP contribution is 2.19. The summed E-state index contributed by atoms with van der Waals surface area (Å²) in [7, 11) is 0. The minimum absolute atomic E-state index is 0.298. The van der Waals surface area contributed by atoms with E-state index in [1.165, 1.54) is 0 Å². The largest absolute Gasteiger partial charge is 0.478 e. The molecule has 1 atom stereocenters. The van der Waals surface area contributed by atoms with E-state index >= 15 is 0 Å². The fourth-order valence-corrected chi connectivity index (χ4v) is 2.50. The molecule has 1 aromatic rings. The first kappa shape index (κ1) is 13.5. The molecule has 98 valence electrons. The summed E-state index contributed by atoms with van der Waals surface area (Å²) < 4.78 is 6.22. The van der Waals surface area contributed by atoms with E-state index in [0.29, 0.717) is 18.2 Å². The first-order chi connectivity index (χ1) is 8.66. The highest BCUT2D eigenvalue weighted by Gasteiger charge is 2.14. The van der Waals surface area contributed by atoms with Crippen LogP contribution in [0.2, 0.25) is 0 Å². The Hall–Kier alpha value is -0.910. The van der Waals surface area contributed by atoms with Gasteiger partial charge in [0.05, 0.1) is 12.2 Å². The van der Waals surface area contributed by atoms with E-state index in [2.05, 4.69) is 21.2 Å². The van der Waals surface area contributed by atoms with Gasteiger partial charge in [0.1, 0.15) is 0 Å². The lowest BCUT2D eigenvalue weighted by molar-refractivity contribution is 0.0697. The van der Waals surface area contributed by atoms with Gasteiger partial charge in [-0.25, -0.2) is 4.79 Å². The molecule has 0 amide bonds. The number of carboxylic acids is 1. The van der Waals surface area contributed by atoms with Gasteiger partial charge in [-0.2, -0.15) is 0 Å². The lowest BCUT2D eigenvalue weighted by Crippen LogP contribution is -2.36. The Kier molecular flexibility index (Phi) is 4.74. The highest BCUT2D eigenvalue weighted by molar-refractivity contribution is 9.10. The van der Waals surface area contributed by atoms with Crippen LogP contribution < -0.4 is 5.32 Å². The third-order valence-corrected chi connectivity index (χ3v) is 3.78. The molecule has 1 fully saturated rings. The molecule has 0 saturated carbocycles. The zero-order valence-corrected chi connectivity index (χ0v) is 11.6. The maximum absolute atomic E-state index is 10.8. The van der Waals surface area contributed by atoms with E-state index < -0.39 is 5.97 Å². The predicted octanol–water partition coefficient (Wildman–Crippen LogP) is 2.42. The van der Waals surface area contributed by atoms with E-state index in [1.54, 1.807) is 12.1 Å². The molecule has 0 aromatic heterocycles. The Morgan fingerprint density at radius 3 is 3.00 bits per heavy atom. The van der Waals surface area contributed by atoms with Gasteiger partial charge < -0.3 is 15.2 Å². The van der Waals surface area contributed by atoms with Gasteiger partial charge in [-0.05, 0) is 30.5 Å². The fourth-order valence-electron chi connectivity index (χ4n) is 1.98. The number of halogens is 1. The van der Waals surface area contributed by atoms with Crippen LogP contribution in [0.3, 0.4) is 0 Å². The number of carbonyl (C=O) groups is 1. The second kappa shape index (κ2) is 6.31. The molecular formula is C13H16BrNO3. The number of rotatable bonds is 4. The number of hydrogen-bond acceptors (Lipinski definition) is 3. The number of hydrogen-bond donors (Lipinski definition) is 2. The first-order valence-electron chi connectivity index (χ1n) is 5.99. The zero-order chi connectivity index (χ0) is 13.0. The fraction of sp³-hybridized carbons (Fsp3) is 0.462. The molecule has 2 N–H and O–H groups in total. The normalized spacial score (nSPS) is 19.7.